The molecule has 0 atom stereocenters. The zero-order chi connectivity index (χ0) is 11.5. The van der Waals surface area contributed by atoms with Gasteiger partial charge in [-0.25, -0.2) is 0 Å². The second-order valence-electron chi connectivity index (χ2n) is 2.92. The van der Waals surface area contributed by atoms with E-state index in [0.29, 0.717) is 19.0 Å². The molecule has 2 N–H and O–H groups in total. The van der Waals surface area contributed by atoms with Crippen LogP contribution in [0.4, 0.5) is 0 Å². The van der Waals surface area contributed by atoms with E-state index in [0.717, 1.165) is 12.8 Å². The molecule has 0 saturated carbocycles. The summed E-state index contributed by atoms with van der Waals surface area (Å²) in [6, 6.07) is 1.84. The Bertz CT molecular complexity index is 258. The third kappa shape index (κ3) is 6.81. The molecule has 15 heavy (non-hydrogen) atoms. The van der Waals surface area contributed by atoms with Crippen LogP contribution in [0.15, 0.2) is 11.8 Å². The summed E-state index contributed by atoms with van der Waals surface area (Å²) in [5.74, 6) is 0.225. The van der Waals surface area contributed by atoms with Gasteiger partial charge in [-0.15, -0.1) is 11.6 Å². The van der Waals surface area contributed by atoms with Crippen LogP contribution in [0, 0.1) is 11.3 Å². The smallest absolute Gasteiger partial charge is 0.263 e. The first-order valence-corrected chi connectivity index (χ1v) is 5.47. The van der Waals surface area contributed by atoms with Crippen molar-refractivity contribution in [2.75, 3.05) is 19.0 Å². The van der Waals surface area contributed by atoms with Crippen LogP contribution in [0.3, 0.4) is 0 Å². The van der Waals surface area contributed by atoms with Crippen LogP contribution < -0.4 is 10.6 Å². The van der Waals surface area contributed by atoms with Crippen molar-refractivity contribution in [2.45, 2.75) is 19.8 Å². The Labute approximate surface area is 95.3 Å². The molecular formula is C10H16ClN3O. The summed E-state index contributed by atoms with van der Waals surface area (Å²) in [7, 11) is 0. The van der Waals surface area contributed by atoms with Crippen LogP contribution in [0.1, 0.15) is 19.8 Å². The van der Waals surface area contributed by atoms with E-state index in [1.165, 1.54) is 6.20 Å². The molecule has 0 aliphatic rings. The van der Waals surface area contributed by atoms with E-state index in [2.05, 4.69) is 10.6 Å². The predicted octanol–water partition coefficient (Wildman–Crippen LogP) is 1.14. The van der Waals surface area contributed by atoms with Gasteiger partial charge in [0.25, 0.3) is 5.91 Å². The van der Waals surface area contributed by atoms with E-state index in [4.69, 9.17) is 16.9 Å². The quantitative estimate of drug-likeness (QED) is 0.298. The maximum atomic E-state index is 11.3. The highest BCUT2D eigenvalue weighted by atomic mass is 35.5. The Morgan fingerprint density at radius 2 is 2.27 bits per heavy atom. The number of rotatable bonds is 7. The fourth-order valence-electron chi connectivity index (χ4n) is 0.825. The predicted molar refractivity (Wildman–Crippen MR) is 60.3 cm³/mol. The standard InChI is InChI=1S/C10H16ClN3O/c1-2-5-14-10(15)9(7-12)8-13-6-3-4-11/h8,13H,2-6H2,1H3,(H,14,15)/b9-8-. The molecule has 0 fully saturated rings. The molecule has 0 unspecified atom stereocenters. The van der Waals surface area contributed by atoms with Crippen LogP contribution >= 0.6 is 11.6 Å². The molecule has 0 aliphatic carbocycles. The molecule has 4 nitrogen and oxygen atoms in total. The Kier molecular flexibility index (Phi) is 8.59. The SMILES string of the molecule is CCCNC(=O)/C(C#N)=C\NCCCCl. The highest BCUT2D eigenvalue weighted by molar-refractivity contribution is 6.17. The van der Waals surface area contributed by atoms with E-state index in [1.54, 1.807) is 0 Å². The van der Waals surface area contributed by atoms with E-state index < -0.39 is 0 Å². The summed E-state index contributed by atoms with van der Waals surface area (Å²) in [5.41, 5.74) is 0.0954. The highest BCUT2D eigenvalue weighted by Crippen LogP contribution is 1.91. The fourth-order valence-corrected chi connectivity index (χ4v) is 0.959. The summed E-state index contributed by atoms with van der Waals surface area (Å²) in [6.07, 6.45) is 3.08. The number of carbonyl (C=O) groups excluding carboxylic acids is 1. The number of amides is 1. The summed E-state index contributed by atoms with van der Waals surface area (Å²) in [4.78, 5) is 11.3. The molecule has 1 amide bonds. The van der Waals surface area contributed by atoms with Crippen molar-refractivity contribution in [1.82, 2.24) is 10.6 Å². The second kappa shape index (κ2) is 9.35. The van der Waals surface area contributed by atoms with Crippen molar-refractivity contribution >= 4 is 17.5 Å². The lowest BCUT2D eigenvalue weighted by atomic mass is 10.3. The lowest BCUT2D eigenvalue weighted by Gasteiger charge is -2.02. The third-order valence-electron chi connectivity index (χ3n) is 1.60. The zero-order valence-electron chi connectivity index (χ0n) is 8.85. The number of alkyl halides is 1. The van der Waals surface area contributed by atoms with Crippen molar-refractivity contribution in [3.05, 3.63) is 11.8 Å². The van der Waals surface area contributed by atoms with Gasteiger partial charge in [0.05, 0.1) is 0 Å². The van der Waals surface area contributed by atoms with Gasteiger partial charge in [0.15, 0.2) is 0 Å². The van der Waals surface area contributed by atoms with Gasteiger partial charge in [0.1, 0.15) is 11.6 Å². The Balaban J connectivity index is 4.00. The van der Waals surface area contributed by atoms with Crippen LogP contribution in [0.5, 0.6) is 0 Å². The molecule has 84 valence electrons. The minimum Gasteiger partial charge on any atom is -0.390 e. The monoisotopic (exact) mass is 229 g/mol. The second-order valence-corrected chi connectivity index (χ2v) is 3.30. The Morgan fingerprint density at radius 3 is 2.80 bits per heavy atom. The Morgan fingerprint density at radius 1 is 1.53 bits per heavy atom. The Hall–Kier alpha value is -1.21. The summed E-state index contributed by atoms with van der Waals surface area (Å²) >= 11 is 5.48. The van der Waals surface area contributed by atoms with Crippen molar-refractivity contribution in [3.8, 4) is 6.07 Å². The minimum absolute atomic E-state index is 0.0954. The van der Waals surface area contributed by atoms with Crippen molar-refractivity contribution < 1.29 is 4.79 Å². The number of nitrogens with zero attached hydrogens (tertiary/aromatic N) is 1. The first-order valence-electron chi connectivity index (χ1n) is 4.94. The molecule has 0 bridgehead atoms. The lowest BCUT2D eigenvalue weighted by molar-refractivity contribution is -0.117. The van der Waals surface area contributed by atoms with E-state index >= 15 is 0 Å². The lowest BCUT2D eigenvalue weighted by Crippen LogP contribution is -2.26. The van der Waals surface area contributed by atoms with Gasteiger partial charge >= 0.3 is 0 Å². The van der Waals surface area contributed by atoms with Crippen LogP contribution in [-0.4, -0.2) is 24.9 Å². The van der Waals surface area contributed by atoms with E-state index in [-0.39, 0.29) is 11.5 Å². The van der Waals surface area contributed by atoms with E-state index in [9.17, 15) is 4.79 Å². The summed E-state index contributed by atoms with van der Waals surface area (Å²) in [5, 5.41) is 14.2. The third-order valence-corrected chi connectivity index (χ3v) is 1.87. The molecule has 0 aliphatic heterocycles. The van der Waals surface area contributed by atoms with Gasteiger partial charge in [-0.1, -0.05) is 6.92 Å². The van der Waals surface area contributed by atoms with Crippen LogP contribution in [-0.2, 0) is 4.79 Å². The van der Waals surface area contributed by atoms with Crippen molar-refractivity contribution in [2.24, 2.45) is 0 Å². The largest absolute Gasteiger partial charge is 0.390 e. The van der Waals surface area contributed by atoms with Crippen molar-refractivity contribution in [1.29, 1.82) is 5.26 Å². The summed E-state index contributed by atoms with van der Waals surface area (Å²) < 4.78 is 0. The van der Waals surface area contributed by atoms with Crippen LogP contribution in [0.2, 0.25) is 0 Å². The van der Waals surface area contributed by atoms with Gasteiger partial charge in [-0.05, 0) is 12.8 Å². The van der Waals surface area contributed by atoms with Gasteiger partial charge in [0, 0.05) is 25.2 Å². The first kappa shape index (κ1) is 13.8. The number of nitriles is 1. The average Bonchev–Trinajstić information content (AvgIpc) is 2.26. The molecule has 0 aromatic carbocycles. The number of carbonyl (C=O) groups is 1. The molecule has 0 heterocycles. The molecule has 5 heteroatoms. The molecular weight excluding hydrogens is 214 g/mol. The van der Waals surface area contributed by atoms with Gasteiger partial charge in [0.2, 0.25) is 0 Å². The molecule has 0 aromatic heterocycles. The zero-order valence-corrected chi connectivity index (χ0v) is 9.60. The number of hydrogen-bond donors (Lipinski definition) is 2. The number of halogens is 1. The maximum absolute atomic E-state index is 11.3. The molecule has 0 aromatic rings. The normalized spacial score (nSPS) is 10.6. The van der Waals surface area contributed by atoms with Gasteiger partial charge in [-0.3, -0.25) is 4.79 Å². The van der Waals surface area contributed by atoms with E-state index in [1.807, 2.05) is 13.0 Å². The summed E-state index contributed by atoms with van der Waals surface area (Å²) in [6.45, 7) is 3.20. The molecule has 0 rings (SSSR count). The highest BCUT2D eigenvalue weighted by Gasteiger charge is 2.06. The van der Waals surface area contributed by atoms with Gasteiger partial charge in [-0.2, -0.15) is 5.26 Å². The minimum atomic E-state index is -0.335. The topological polar surface area (TPSA) is 64.9 Å². The van der Waals surface area contributed by atoms with Crippen LogP contribution in [0.25, 0.3) is 0 Å². The fraction of sp³-hybridized carbons (Fsp3) is 0.600. The van der Waals surface area contributed by atoms with Gasteiger partial charge < -0.3 is 10.6 Å². The first-order chi connectivity index (χ1) is 7.26. The molecule has 0 radical (unpaired) electrons. The maximum Gasteiger partial charge on any atom is 0.263 e. The average molecular weight is 230 g/mol. The number of nitrogens with one attached hydrogen (secondary N) is 2. The molecule has 0 spiro atoms. The van der Waals surface area contributed by atoms with Crippen molar-refractivity contribution in [3.63, 3.8) is 0 Å². The molecule has 0 saturated heterocycles. The number of hydrogen-bond acceptors (Lipinski definition) is 3.